The number of amides is 2. The van der Waals surface area contributed by atoms with Gasteiger partial charge in [-0.2, -0.15) is 0 Å². The molecular formula is C20H22ClN3O6S2. The first-order valence-electron chi connectivity index (χ1n) is 9.82. The Hall–Kier alpha value is -2.47. The van der Waals surface area contributed by atoms with Crippen LogP contribution in [0.25, 0.3) is 0 Å². The van der Waals surface area contributed by atoms with Gasteiger partial charge in [0.25, 0.3) is 11.8 Å². The molecule has 0 atom stereocenters. The van der Waals surface area contributed by atoms with Crippen molar-refractivity contribution in [3.63, 3.8) is 0 Å². The molecule has 0 unspecified atom stereocenters. The van der Waals surface area contributed by atoms with E-state index in [2.05, 4.69) is 10.0 Å². The molecule has 1 aliphatic carbocycles. The first-order chi connectivity index (χ1) is 15.2. The minimum Gasteiger partial charge on any atom is -0.456 e. The summed E-state index contributed by atoms with van der Waals surface area (Å²) in [5, 5.41) is 3.22. The fourth-order valence-corrected chi connectivity index (χ4v) is 5.94. The fraction of sp³-hybridized carbons (Fsp3) is 0.350. The molecule has 0 fully saturated rings. The number of thiophene rings is 1. The number of hydrogen-bond acceptors (Lipinski definition) is 7. The summed E-state index contributed by atoms with van der Waals surface area (Å²) in [7, 11) is -3.83. The van der Waals surface area contributed by atoms with Crippen LogP contribution in [0.1, 0.15) is 40.1 Å². The highest BCUT2D eigenvalue weighted by atomic mass is 35.5. The molecule has 3 rings (SSSR count). The van der Waals surface area contributed by atoms with Crippen LogP contribution in [0.2, 0.25) is 5.02 Å². The minimum absolute atomic E-state index is 0.0263. The molecule has 172 valence electrons. The van der Waals surface area contributed by atoms with E-state index in [1.807, 2.05) is 0 Å². The number of carbonyl (C=O) groups excluding carboxylic acids is 3. The third kappa shape index (κ3) is 6.06. The van der Waals surface area contributed by atoms with E-state index in [0.29, 0.717) is 10.6 Å². The average molecular weight is 500 g/mol. The maximum absolute atomic E-state index is 12.2. The summed E-state index contributed by atoms with van der Waals surface area (Å²) >= 11 is 7.10. The zero-order valence-corrected chi connectivity index (χ0v) is 19.4. The molecule has 1 aliphatic rings. The zero-order valence-electron chi connectivity index (χ0n) is 17.0. The summed E-state index contributed by atoms with van der Waals surface area (Å²) in [6.45, 7) is -0.778. The number of primary amides is 1. The van der Waals surface area contributed by atoms with Crippen LogP contribution in [0.3, 0.4) is 0 Å². The molecule has 1 aromatic carbocycles. The summed E-state index contributed by atoms with van der Waals surface area (Å²) in [4.78, 5) is 36.9. The normalized spacial score (nSPS) is 13.3. The lowest BCUT2D eigenvalue weighted by Crippen LogP contribution is -2.28. The van der Waals surface area contributed by atoms with E-state index in [1.165, 1.54) is 29.5 Å². The van der Waals surface area contributed by atoms with Gasteiger partial charge in [-0.05, 0) is 49.4 Å². The Bertz CT molecular complexity index is 1150. The fourth-order valence-electron chi connectivity index (χ4n) is 3.30. The second-order valence-corrected chi connectivity index (χ2v) is 10.4. The van der Waals surface area contributed by atoms with Crippen LogP contribution in [0, 0.1) is 0 Å². The number of hydrogen-bond donors (Lipinski definition) is 3. The minimum atomic E-state index is -3.83. The molecule has 0 saturated heterocycles. The van der Waals surface area contributed by atoms with Crippen molar-refractivity contribution in [1.82, 2.24) is 4.72 Å². The summed E-state index contributed by atoms with van der Waals surface area (Å²) in [5.41, 5.74) is 6.69. The van der Waals surface area contributed by atoms with Crippen molar-refractivity contribution in [3.05, 3.63) is 45.3 Å². The number of ether oxygens (including phenoxy) is 1. The molecule has 2 aromatic rings. The first-order valence-corrected chi connectivity index (χ1v) is 12.5. The summed E-state index contributed by atoms with van der Waals surface area (Å²) in [5.74, 6) is -1.97. The van der Waals surface area contributed by atoms with E-state index in [4.69, 9.17) is 22.1 Å². The van der Waals surface area contributed by atoms with Gasteiger partial charge in [0.2, 0.25) is 10.0 Å². The van der Waals surface area contributed by atoms with Crippen molar-refractivity contribution in [3.8, 4) is 0 Å². The highest BCUT2D eigenvalue weighted by Crippen LogP contribution is 2.37. The van der Waals surface area contributed by atoms with Crippen LogP contribution in [0.5, 0.6) is 0 Å². The topological polar surface area (TPSA) is 145 Å². The van der Waals surface area contributed by atoms with E-state index >= 15 is 0 Å². The number of rotatable bonds is 9. The molecule has 1 heterocycles. The van der Waals surface area contributed by atoms with Gasteiger partial charge in [-0.15, -0.1) is 11.3 Å². The maximum Gasteiger partial charge on any atom is 0.307 e. The van der Waals surface area contributed by atoms with Crippen molar-refractivity contribution >= 4 is 55.7 Å². The molecule has 0 aliphatic heterocycles. The second-order valence-electron chi connectivity index (χ2n) is 7.09. The Balaban J connectivity index is 1.48. The van der Waals surface area contributed by atoms with Crippen LogP contribution in [-0.4, -0.2) is 39.4 Å². The molecule has 0 saturated carbocycles. The van der Waals surface area contributed by atoms with E-state index in [-0.39, 0.29) is 22.9 Å². The number of carbonyl (C=O) groups is 3. The number of nitrogens with two attached hydrogens (primary N) is 1. The molecule has 0 radical (unpaired) electrons. The SMILES string of the molecule is NC(=O)c1c(NC(=O)COC(=O)CCNS(=O)(=O)c2cccc(Cl)c2)sc2c1CCCC2. The Kier molecular flexibility index (Phi) is 7.88. The van der Waals surface area contributed by atoms with E-state index in [1.54, 1.807) is 6.07 Å². The number of esters is 1. The predicted octanol–water partition coefficient (Wildman–Crippen LogP) is 2.23. The maximum atomic E-state index is 12.2. The number of nitrogens with one attached hydrogen (secondary N) is 2. The standard InChI is InChI=1S/C20H22ClN3O6S2/c21-12-4-3-5-13(10-12)32(28,29)23-9-8-17(26)30-11-16(25)24-20-18(19(22)27)14-6-1-2-7-15(14)31-20/h3-5,10,23H,1-2,6-9,11H2,(H2,22,27)(H,24,25). The molecule has 9 nitrogen and oxygen atoms in total. The van der Waals surface area contributed by atoms with Gasteiger partial charge in [0.05, 0.1) is 16.9 Å². The van der Waals surface area contributed by atoms with Crippen LogP contribution in [0.4, 0.5) is 5.00 Å². The van der Waals surface area contributed by atoms with E-state index in [9.17, 15) is 22.8 Å². The lowest BCUT2D eigenvalue weighted by molar-refractivity contribution is -0.147. The summed E-state index contributed by atoms with van der Waals surface area (Å²) < 4.78 is 31.5. The Morgan fingerprint density at radius 2 is 1.94 bits per heavy atom. The molecule has 1 aromatic heterocycles. The highest BCUT2D eigenvalue weighted by Gasteiger charge is 2.25. The number of halogens is 1. The molecule has 0 bridgehead atoms. The molecule has 32 heavy (non-hydrogen) atoms. The largest absolute Gasteiger partial charge is 0.456 e. The van der Waals surface area contributed by atoms with E-state index < -0.39 is 34.4 Å². The lowest BCUT2D eigenvalue weighted by Gasteiger charge is -2.11. The smallest absolute Gasteiger partial charge is 0.307 e. The van der Waals surface area contributed by atoms with Gasteiger partial charge in [-0.3, -0.25) is 14.4 Å². The van der Waals surface area contributed by atoms with Crippen molar-refractivity contribution < 1.29 is 27.5 Å². The van der Waals surface area contributed by atoms with Gasteiger partial charge in [0.15, 0.2) is 6.61 Å². The van der Waals surface area contributed by atoms with Crippen molar-refractivity contribution in [1.29, 1.82) is 0 Å². The number of benzene rings is 1. The van der Waals surface area contributed by atoms with Crippen LogP contribution in [-0.2, 0) is 37.2 Å². The van der Waals surface area contributed by atoms with Gasteiger partial charge in [0.1, 0.15) is 5.00 Å². The monoisotopic (exact) mass is 499 g/mol. The van der Waals surface area contributed by atoms with Crippen LogP contribution in [0.15, 0.2) is 29.2 Å². The molecule has 12 heteroatoms. The molecule has 4 N–H and O–H groups in total. The first kappa shape index (κ1) is 24.2. The third-order valence-electron chi connectivity index (χ3n) is 4.76. The number of fused-ring (bicyclic) bond motifs is 1. The highest BCUT2D eigenvalue weighted by molar-refractivity contribution is 7.89. The van der Waals surface area contributed by atoms with E-state index in [0.717, 1.165) is 36.1 Å². The van der Waals surface area contributed by atoms with Crippen molar-refractivity contribution in [2.24, 2.45) is 5.73 Å². The summed E-state index contributed by atoms with van der Waals surface area (Å²) in [6.07, 6.45) is 3.26. The quantitative estimate of drug-likeness (QED) is 0.451. The predicted molar refractivity (Wildman–Crippen MR) is 120 cm³/mol. The Labute approximate surface area is 194 Å². The molecule has 2 amide bonds. The Morgan fingerprint density at radius 3 is 2.66 bits per heavy atom. The van der Waals surface area contributed by atoms with Gasteiger partial charge >= 0.3 is 5.97 Å². The molecule has 0 spiro atoms. The number of anilines is 1. The average Bonchev–Trinajstić information content (AvgIpc) is 3.10. The van der Waals surface area contributed by atoms with Gasteiger partial charge < -0.3 is 15.8 Å². The van der Waals surface area contributed by atoms with Crippen LogP contribution >= 0.6 is 22.9 Å². The van der Waals surface area contributed by atoms with Crippen molar-refractivity contribution in [2.45, 2.75) is 37.0 Å². The van der Waals surface area contributed by atoms with Crippen molar-refractivity contribution in [2.75, 3.05) is 18.5 Å². The van der Waals surface area contributed by atoms with Gasteiger partial charge in [0, 0.05) is 16.4 Å². The van der Waals surface area contributed by atoms with Crippen LogP contribution < -0.4 is 15.8 Å². The Morgan fingerprint density at radius 1 is 1.19 bits per heavy atom. The number of aryl methyl sites for hydroxylation is 1. The third-order valence-corrected chi connectivity index (χ3v) is 7.66. The lowest BCUT2D eigenvalue weighted by atomic mass is 9.95. The van der Waals surface area contributed by atoms with Gasteiger partial charge in [-0.1, -0.05) is 17.7 Å². The second kappa shape index (κ2) is 10.4. The van der Waals surface area contributed by atoms with Gasteiger partial charge in [-0.25, -0.2) is 13.1 Å². The summed E-state index contributed by atoms with van der Waals surface area (Å²) in [6, 6.07) is 5.70. The number of sulfonamides is 1. The molecular weight excluding hydrogens is 478 g/mol. The zero-order chi connectivity index (χ0) is 23.3.